The lowest BCUT2D eigenvalue weighted by Crippen LogP contribution is -2.30. The molecule has 5 nitrogen and oxygen atoms in total. The quantitative estimate of drug-likeness (QED) is 0.910. The van der Waals surface area contributed by atoms with E-state index in [1.54, 1.807) is 10.9 Å². The van der Waals surface area contributed by atoms with Crippen molar-refractivity contribution in [3.8, 4) is 5.69 Å². The van der Waals surface area contributed by atoms with Crippen LogP contribution in [-0.4, -0.2) is 28.8 Å². The Morgan fingerprint density at radius 3 is 2.77 bits per heavy atom. The van der Waals surface area contributed by atoms with Crippen molar-refractivity contribution in [1.82, 2.24) is 15.1 Å². The number of amides is 1. The molecule has 3 rings (SSSR count). The van der Waals surface area contributed by atoms with E-state index >= 15 is 0 Å². The summed E-state index contributed by atoms with van der Waals surface area (Å²) in [7, 11) is 0. The molecule has 1 saturated heterocycles. The molecule has 0 spiro atoms. The van der Waals surface area contributed by atoms with Gasteiger partial charge in [0.05, 0.1) is 11.4 Å². The van der Waals surface area contributed by atoms with Crippen LogP contribution in [0.3, 0.4) is 0 Å². The predicted octanol–water partition coefficient (Wildman–Crippen LogP) is 2.62. The second kappa shape index (κ2) is 7.96. The number of para-hydroxylation sites is 2. The summed E-state index contributed by atoms with van der Waals surface area (Å²) < 4.78 is 1.76. The minimum absolute atomic E-state index is 0. The van der Waals surface area contributed by atoms with Gasteiger partial charge in [0.15, 0.2) is 0 Å². The molecule has 6 heteroatoms. The molecule has 1 aliphatic rings. The zero-order chi connectivity index (χ0) is 14.5. The van der Waals surface area contributed by atoms with Gasteiger partial charge in [-0.3, -0.25) is 4.79 Å². The van der Waals surface area contributed by atoms with Crippen LogP contribution < -0.4 is 10.6 Å². The van der Waals surface area contributed by atoms with Gasteiger partial charge in [0.2, 0.25) is 5.91 Å². The molecule has 1 amide bonds. The van der Waals surface area contributed by atoms with Gasteiger partial charge in [-0.1, -0.05) is 12.1 Å². The van der Waals surface area contributed by atoms with Gasteiger partial charge < -0.3 is 10.6 Å². The van der Waals surface area contributed by atoms with Crippen LogP contribution in [0.4, 0.5) is 5.69 Å². The first-order chi connectivity index (χ1) is 10.3. The molecule has 0 bridgehead atoms. The van der Waals surface area contributed by atoms with Crippen molar-refractivity contribution in [3.05, 3.63) is 42.7 Å². The number of carbonyl (C=O) groups excluding carboxylic acids is 1. The Labute approximate surface area is 136 Å². The maximum atomic E-state index is 12.2. The van der Waals surface area contributed by atoms with Gasteiger partial charge in [0.25, 0.3) is 0 Å². The maximum Gasteiger partial charge on any atom is 0.224 e. The van der Waals surface area contributed by atoms with Crippen molar-refractivity contribution in [2.24, 2.45) is 5.92 Å². The number of aromatic nitrogens is 2. The number of rotatable bonds is 4. The van der Waals surface area contributed by atoms with Crippen molar-refractivity contribution < 1.29 is 4.79 Å². The first kappa shape index (κ1) is 16.5. The molecular weight excluding hydrogens is 300 g/mol. The molecule has 1 aromatic carbocycles. The Bertz CT molecular complexity index is 594. The van der Waals surface area contributed by atoms with Crippen LogP contribution in [0, 0.1) is 5.92 Å². The minimum atomic E-state index is 0. The molecule has 22 heavy (non-hydrogen) atoms. The van der Waals surface area contributed by atoms with Gasteiger partial charge in [-0.2, -0.15) is 5.10 Å². The summed E-state index contributed by atoms with van der Waals surface area (Å²) >= 11 is 0. The number of benzene rings is 1. The van der Waals surface area contributed by atoms with Crippen LogP contribution >= 0.6 is 12.4 Å². The van der Waals surface area contributed by atoms with Crippen LogP contribution in [0.1, 0.15) is 19.3 Å². The minimum Gasteiger partial charge on any atom is -0.324 e. The lowest BCUT2D eigenvalue weighted by molar-refractivity contribution is -0.117. The number of anilines is 1. The molecule has 2 N–H and O–H groups in total. The topological polar surface area (TPSA) is 59.0 Å². The maximum absolute atomic E-state index is 12.2. The van der Waals surface area contributed by atoms with Crippen LogP contribution in [0.5, 0.6) is 0 Å². The zero-order valence-corrected chi connectivity index (χ0v) is 13.2. The van der Waals surface area contributed by atoms with Crippen molar-refractivity contribution in [1.29, 1.82) is 0 Å². The Balaban J connectivity index is 0.00000176. The monoisotopic (exact) mass is 320 g/mol. The summed E-state index contributed by atoms with van der Waals surface area (Å²) in [6.45, 7) is 2.03. The summed E-state index contributed by atoms with van der Waals surface area (Å²) in [4.78, 5) is 12.2. The largest absolute Gasteiger partial charge is 0.324 e. The molecule has 118 valence electrons. The standard InChI is InChI=1S/C16H20N4O.ClH/c21-16(12-13-6-9-17-10-7-13)19-14-4-1-2-5-15(14)20-11-3-8-18-20;/h1-5,8,11,13,17H,6-7,9-10,12H2,(H,19,21);1H. The second-order valence-electron chi connectivity index (χ2n) is 5.41. The number of carbonyl (C=O) groups is 1. The summed E-state index contributed by atoms with van der Waals surface area (Å²) in [5.74, 6) is 0.574. The first-order valence-electron chi connectivity index (χ1n) is 7.42. The van der Waals surface area contributed by atoms with E-state index in [-0.39, 0.29) is 18.3 Å². The molecular formula is C16H21ClN4O. The number of piperidine rings is 1. The summed E-state index contributed by atoms with van der Waals surface area (Å²) in [5, 5.41) is 10.6. The number of hydrogen-bond acceptors (Lipinski definition) is 3. The Morgan fingerprint density at radius 1 is 1.27 bits per heavy atom. The molecule has 0 radical (unpaired) electrons. The number of nitrogens with one attached hydrogen (secondary N) is 2. The van der Waals surface area contributed by atoms with Crippen LogP contribution in [0.15, 0.2) is 42.7 Å². The molecule has 0 atom stereocenters. The third-order valence-electron chi connectivity index (χ3n) is 3.86. The number of nitrogens with zero attached hydrogens (tertiary/aromatic N) is 2. The smallest absolute Gasteiger partial charge is 0.224 e. The van der Waals surface area contributed by atoms with Crippen molar-refractivity contribution >= 4 is 24.0 Å². The van der Waals surface area contributed by atoms with Crippen molar-refractivity contribution in [2.75, 3.05) is 18.4 Å². The van der Waals surface area contributed by atoms with E-state index in [9.17, 15) is 4.79 Å². The zero-order valence-electron chi connectivity index (χ0n) is 12.4. The normalized spacial score (nSPS) is 15.1. The van der Waals surface area contributed by atoms with E-state index in [0.717, 1.165) is 37.3 Å². The lowest BCUT2D eigenvalue weighted by atomic mass is 9.94. The lowest BCUT2D eigenvalue weighted by Gasteiger charge is -2.22. The molecule has 0 saturated carbocycles. The van der Waals surface area contributed by atoms with Gasteiger partial charge in [-0.05, 0) is 50.0 Å². The van der Waals surface area contributed by atoms with Gasteiger partial charge in [0.1, 0.15) is 0 Å². The third kappa shape index (κ3) is 4.08. The highest BCUT2D eigenvalue weighted by Crippen LogP contribution is 2.21. The van der Waals surface area contributed by atoms with Crippen LogP contribution in [0.25, 0.3) is 5.69 Å². The van der Waals surface area contributed by atoms with E-state index in [2.05, 4.69) is 15.7 Å². The van der Waals surface area contributed by atoms with Gasteiger partial charge in [-0.25, -0.2) is 4.68 Å². The highest BCUT2D eigenvalue weighted by Gasteiger charge is 2.17. The average molecular weight is 321 g/mol. The van der Waals surface area contributed by atoms with E-state index in [0.29, 0.717) is 12.3 Å². The van der Waals surface area contributed by atoms with Crippen molar-refractivity contribution in [3.63, 3.8) is 0 Å². The Kier molecular flexibility index (Phi) is 5.98. The fourth-order valence-corrected chi connectivity index (χ4v) is 2.74. The molecule has 2 aromatic rings. The van der Waals surface area contributed by atoms with Crippen LogP contribution in [-0.2, 0) is 4.79 Å². The van der Waals surface area contributed by atoms with Gasteiger partial charge >= 0.3 is 0 Å². The molecule has 1 aliphatic heterocycles. The van der Waals surface area contributed by atoms with E-state index < -0.39 is 0 Å². The van der Waals surface area contributed by atoms with E-state index in [4.69, 9.17) is 0 Å². The summed E-state index contributed by atoms with van der Waals surface area (Å²) in [6.07, 6.45) is 6.35. The first-order valence-corrected chi connectivity index (χ1v) is 7.42. The molecule has 1 aromatic heterocycles. The van der Waals surface area contributed by atoms with E-state index in [1.807, 2.05) is 36.5 Å². The van der Waals surface area contributed by atoms with Gasteiger partial charge in [0, 0.05) is 18.8 Å². The summed E-state index contributed by atoms with van der Waals surface area (Å²) in [5.41, 5.74) is 1.70. The summed E-state index contributed by atoms with van der Waals surface area (Å²) in [6, 6.07) is 9.60. The highest BCUT2D eigenvalue weighted by molar-refractivity contribution is 5.92. The Hall–Kier alpha value is -1.85. The third-order valence-corrected chi connectivity index (χ3v) is 3.86. The van der Waals surface area contributed by atoms with Crippen LogP contribution in [0.2, 0.25) is 0 Å². The Morgan fingerprint density at radius 2 is 2.05 bits per heavy atom. The number of hydrogen-bond donors (Lipinski definition) is 2. The second-order valence-corrected chi connectivity index (χ2v) is 5.41. The fourth-order valence-electron chi connectivity index (χ4n) is 2.74. The predicted molar refractivity (Wildman–Crippen MR) is 89.7 cm³/mol. The molecule has 0 unspecified atom stereocenters. The molecule has 1 fully saturated rings. The van der Waals surface area contributed by atoms with Gasteiger partial charge in [-0.15, -0.1) is 12.4 Å². The average Bonchev–Trinajstić information content (AvgIpc) is 3.03. The SMILES string of the molecule is Cl.O=C(CC1CCNCC1)Nc1ccccc1-n1cccn1. The highest BCUT2D eigenvalue weighted by atomic mass is 35.5. The fraction of sp³-hybridized carbons (Fsp3) is 0.375. The van der Waals surface area contributed by atoms with E-state index in [1.165, 1.54) is 0 Å². The molecule has 0 aliphatic carbocycles. The molecule has 2 heterocycles. The van der Waals surface area contributed by atoms with Crippen molar-refractivity contribution in [2.45, 2.75) is 19.3 Å². The number of halogens is 1.